The van der Waals surface area contributed by atoms with Crippen LogP contribution in [0, 0.1) is 11.8 Å². The van der Waals surface area contributed by atoms with Crippen molar-refractivity contribution in [3.05, 3.63) is 0 Å². The van der Waals surface area contributed by atoms with Crippen molar-refractivity contribution in [1.82, 2.24) is 4.90 Å². The first-order chi connectivity index (χ1) is 10.4. The summed E-state index contributed by atoms with van der Waals surface area (Å²) in [5.74, 6) is -0.469. The van der Waals surface area contributed by atoms with Gasteiger partial charge in [0, 0.05) is 13.2 Å². The Morgan fingerprint density at radius 1 is 1.18 bits per heavy atom. The van der Waals surface area contributed by atoms with Gasteiger partial charge < -0.3 is 9.47 Å². The Bertz CT molecular complexity index is 434. The zero-order chi connectivity index (χ0) is 15.9. The SMILES string of the molecule is CCCCOC(C)(C)CCN1C(=O)C2C3CCC(O3)C2C1=O. The smallest absolute Gasteiger partial charge is 0.235 e. The first-order valence-corrected chi connectivity index (χ1v) is 8.59. The molecule has 0 aromatic carbocycles. The van der Waals surface area contributed by atoms with Gasteiger partial charge in [-0.05, 0) is 39.5 Å². The van der Waals surface area contributed by atoms with Crippen LogP contribution in [0.5, 0.6) is 0 Å². The summed E-state index contributed by atoms with van der Waals surface area (Å²) in [7, 11) is 0. The highest BCUT2D eigenvalue weighted by atomic mass is 16.5. The van der Waals surface area contributed by atoms with Gasteiger partial charge in [-0.25, -0.2) is 0 Å². The van der Waals surface area contributed by atoms with Crippen LogP contribution in [-0.4, -0.2) is 47.7 Å². The van der Waals surface area contributed by atoms with Crippen LogP contribution in [0.25, 0.3) is 0 Å². The Morgan fingerprint density at radius 2 is 1.77 bits per heavy atom. The van der Waals surface area contributed by atoms with Crippen molar-refractivity contribution >= 4 is 11.8 Å². The minimum atomic E-state index is -0.303. The summed E-state index contributed by atoms with van der Waals surface area (Å²) in [6.45, 7) is 7.38. The molecule has 0 saturated carbocycles. The highest BCUT2D eigenvalue weighted by Crippen LogP contribution is 2.48. The number of likely N-dealkylation sites (tertiary alicyclic amines) is 1. The summed E-state index contributed by atoms with van der Waals surface area (Å²) < 4.78 is 11.6. The molecule has 0 N–H and O–H groups in total. The van der Waals surface area contributed by atoms with Crippen molar-refractivity contribution in [3.8, 4) is 0 Å². The van der Waals surface area contributed by atoms with Crippen molar-refractivity contribution < 1.29 is 19.1 Å². The van der Waals surface area contributed by atoms with Crippen molar-refractivity contribution in [3.63, 3.8) is 0 Å². The number of amides is 2. The van der Waals surface area contributed by atoms with E-state index in [1.165, 1.54) is 4.90 Å². The molecule has 5 nitrogen and oxygen atoms in total. The fourth-order valence-electron chi connectivity index (χ4n) is 3.94. The minimum Gasteiger partial charge on any atom is -0.376 e. The molecule has 3 aliphatic heterocycles. The molecule has 0 spiro atoms. The van der Waals surface area contributed by atoms with Gasteiger partial charge in [-0.3, -0.25) is 14.5 Å². The normalized spacial score (nSPS) is 33.9. The third kappa shape index (κ3) is 2.69. The van der Waals surface area contributed by atoms with Gasteiger partial charge in [-0.1, -0.05) is 13.3 Å². The van der Waals surface area contributed by atoms with Gasteiger partial charge in [0.05, 0.1) is 29.6 Å². The lowest BCUT2D eigenvalue weighted by Crippen LogP contribution is -2.38. The average molecular weight is 309 g/mol. The molecule has 4 unspecified atom stereocenters. The summed E-state index contributed by atoms with van der Waals surface area (Å²) in [6.07, 6.45) is 4.62. The van der Waals surface area contributed by atoms with E-state index in [0.717, 1.165) is 32.3 Å². The topological polar surface area (TPSA) is 55.8 Å². The third-order valence-corrected chi connectivity index (χ3v) is 5.30. The van der Waals surface area contributed by atoms with E-state index >= 15 is 0 Å². The molecule has 3 rings (SSSR count). The number of unbranched alkanes of at least 4 members (excludes halogenated alkanes) is 1. The Hall–Kier alpha value is -0.940. The number of carbonyl (C=O) groups excluding carboxylic acids is 2. The fraction of sp³-hybridized carbons (Fsp3) is 0.882. The van der Waals surface area contributed by atoms with E-state index in [4.69, 9.17) is 9.47 Å². The molecule has 22 heavy (non-hydrogen) atoms. The first-order valence-electron chi connectivity index (χ1n) is 8.59. The lowest BCUT2D eigenvalue weighted by atomic mass is 9.81. The van der Waals surface area contributed by atoms with Crippen LogP contribution >= 0.6 is 0 Å². The molecule has 124 valence electrons. The fourth-order valence-corrected chi connectivity index (χ4v) is 3.94. The van der Waals surface area contributed by atoms with E-state index in [1.54, 1.807) is 0 Å². The average Bonchev–Trinajstić information content (AvgIpc) is 3.12. The van der Waals surface area contributed by atoms with E-state index in [0.29, 0.717) is 13.0 Å². The van der Waals surface area contributed by atoms with Crippen molar-refractivity contribution in [2.75, 3.05) is 13.2 Å². The molecular weight excluding hydrogens is 282 g/mol. The standard InChI is InChI=1S/C17H27NO4/c1-4-5-10-21-17(2,3)8-9-18-15(19)13-11-6-7-12(22-11)14(13)16(18)20/h11-14H,4-10H2,1-3H3. The lowest BCUT2D eigenvalue weighted by Gasteiger charge is -2.28. The van der Waals surface area contributed by atoms with Gasteiger partial charge in [-0.15, -0.1) is 0 Å². The first kappa shape index (κ1) is 15.9. The second-order valence-electron chi connectivity index (χ2n) is 7.38. The summed E-state index contributed by atoms with van der Waals surface area (Å²) in [5.41, 5.74) is -0.303. The van der Waals surface area contributed by atoms with Crippen molar-refractivity contribution in [2.24, 2.45) is 11.8 Å². The molecule has 3 aliphatic rings. The molecular formula is C17H27NO4. The number of ether oxygens (including phenoxy) is 2. The summed E-state index contributed by atoms with van der Waals surface area (Å²) in [4.78, 5) is 26.6. The molecule has 5 heteroatoms. The molecule has 3 saturated heterocycles. The molecule has 3 fully saturated rings. The maximum Gasteiger partial charge on any atom is 0.235 e. The highest BCUT2D eigenvalue weighted by Gasteiger charge is 2.62. The Morgan fingerprint density at radius 3 is 2.32 bits per heavy atom. The zero-order valence-electron chi connectivity index (χ0n) is 13.8. The maximum atomic E-state index is 12.5. The number of carbonyl (C=O) groups is 2. The zero-order valence-corrected chi connectivity index (χ0v) is 13.8. The summed E-state index contributed by atoms with van der Waals surface area (Å²) >= 11 is 0. The number of nitrogens with zero attached hydrogens (tertiary/aromatic N) is 1. The third-order valence-electron chi connectivity index (χ3n) is 5.30. The van der Waals surface area contributed by atoms with Crippen LogP contribution in [0.1, 0.15) is 52.9 Å². The maximum absolute atomic E-state index is 12.5. The van der Waals surface area contributed by atoms with E-state index in [1.807, 2.05) is 13.8 Å². The number of fused-ring (bicyclic) bond motifs is 5. The van der Waals surface area contributed by atoms with Gasteiger partial charge in [0.2, 0.25) is 11.8 Å². The van der Waals surface area contributed by atoms with Crippen LogP contribution in [0.15, 0.2) is 0 Å². The highest BCUT2D eigenvalue weighted by molar-refractivity contribution is 6.06. The number of hydrogen-bond donors (Lipinski definition) is 0. The Balaban J connectivity index is 1.57. The second kappa shape index (κ2) is 5.93. The van der Waals surface area contributed by atoms with Crippen LogP contribution in [0.2, 0.25) is 0 Å². The number of rotatable bonds is 7. The molecule has 0 aliphatic carbocycles. The minimum absolute atomic E-state index is 0.0217. The number of hydrogen-bond acceptors (Lipinski definition) is 4. The Labute approximate surface area is 132 Å². The van der Waals surface area contributed by atoms with Gasteiger partial charge in [0.1, 0.15) is 0 Å². The summed E-state index contributed by atoms with van der Waals surface area (Å²) in [6, 6.07) is 0. The quantitative estimate of drug-likeness (QED) is 0.534. The molecule has 0 aromatic rings. The van der Waals surface area contributed by atoms with Gasteiger partial charge in [0.15, 0.2) is 0 Å². The van der Waals surface area contributed by atoms with Crippen molar-refractivity contribution in [2.45, 2.75) is 70.7 Å². The Kier molecular flexibility index (Phi) is 4.29. The number of imide groups is 1. The van der Waals surface area contributed by atoms with Crippen LogP contribution in [0.3, 0.4) is 0 Å². The molecule has 4 atom stereocenters. The monoisotopic (exact) mass is 309 g/mol. The summed E-state index contributed by atoms with van der Waals surface area (Å²) in [5, 5.41) is 0. The predicted octanol–water partition coefficient (Wildman–Crippen LogP) is 2.13. The largest absolute Gasteiger partial charge is 0.376 e. The molecule has 2 amide bonds. The van der Waals surface area contributed by atoms with E-state index < -0.39 is 0 Å². The van der Waals surface area contributed by atoms with E-state index in [9.17, 15) is 9.59 Å². The van der Waals surface area contributed by atoms with Gasteiger partial charge in [-0.2, -0.15) is 0 Å². The molecule has 3 heterocycles. The van der Waals surface area contributed by atoms with E-state index in [-0.39, 0.29) is 41.5 Å². The van der Waals surface area contributed by atoms with Crippen LogP contribution < -0.4 is 0 Å². The van der Waals surface area contributed by atoms with Crippen LogP contribution in [0.4, 0.5) is 0 Å². The molecule has 2 bridgehead atoms. The van der Waals surface area contributed by atoms with Crippen molar-refractivity contribution in [1.29, 1.82) is 0 Å². The molecule has 0 aromatic heterocycles. The van der Waals surface area contributed by atoms with Gasteiger partial charge >= 0.3 is 0 Å². The second-order valence-corrected chi connectivity index (χ2v) is 7.38. The van der Waals surface area contributed by atoms with Crippen LogP contribution in [-0.2, 0) is 19.1 Å². The lowest BCUT2D eigenvalue weighted by molar-refractivity contribution is -0.143. The van der Waals surface area contributed by atoms with Gasteiger partial charge in [0.25, 0.3) is 0 Å². The molecule has 0 radical (unpaired) electrons. The predicted molar refractivity (Wildman–Crippen MR) is 81.2 cm³/mol. The van der Waals surface area contributed by atoms with E-state index in [2.05, 4.69) is 6.92 Å².